The summed E-state index contributed by atoms with van der Waals surface area (Å²) in [5.41, 5.74) is 2.65. The number of fused-ring (bicyclic) bond motifs is 1. The molecule has 156 valence electrons. The van der Waals surface area contributed by atoms with Crippen molar-refractivity contribution in [2.24, 2.45) is 17.3 Å². The molecule has 4 saturated carbocycles. The monoisotopic (exact) mass is 426 g/mol. The summed E-state index contributed by atoms with van der Waals surface area (Å²) in [6.45, 7) is 0. The van der Waals surface area contributed by atoms with E-state index < -0.39 is 0 Å². The summed E-state index contributed by atoms with van der Waals surface area (Å²) in [6, 6.07) is 22.8. The molecule has 0 spiro atoms. The molecule has 2 atom stereocenters. The number of allylic oxidation sites excluding steroid dienone is 2. The second kappa shape index (κ2) is 7.07. The van der Waals surface area contributed by atoms with Gasteiger partial charge in [0.05, 0.1) is 0 Å². The predicted molar refractivity (Wildman–Crippen MR) is 128 cm³/mol. The van der Waals surface area contributed by atoms with Crippen LogP contribution in [0.5, 0.6) is 0 Å². The Kier molecular flexibility index (Phi) is 4.40. The molecule has 4 fully saturated rings. The molecule has 7 rings (SSSR count). The molecule has 2 heteroatoms. The number of ketones is 1. The topological polar surface area (TPSA) is 17.1 Å². The first-order valence-electron chi connectivity index (χ1n) is 11.5. The molecule has 0 N–H and O–H groups in total. The third kappa shape index (κ3) is 3.34. The molecule has 2 unspecified atom stereocenters. The van der Waals surface area contributed by atoms with E-state index >= 15 is 0 Å². The van der Waals surface area contributed by atoms with Crippen LogP contribution in [-0.2, 0) is 5.41 Å². The van der Waals surface area contributed by atoms with Crippen molar-refractivity contribution in [1.82, 2.24) is 0 Å². The fourth-order valence-corrected chi connectivity index (χ4v) is 7.49. The van der Waals surface area contributed by atoms with E-state index in [0.29, 0.717) is 0 Å². The summed E-state index contributed by atoms with van der Waals surface area (Å²) in [4.78, 5) is 13.1. The van der Waals surface area contributed by atoms with Gasteiger partial charge in [-0.05, 0) is 102 Å². The number of benzene rings is 3. The van der Waals surface area contributed by atoms with E-state index in [0.717, 1.165) is 34.2 Å². The minimum atomic E-state index is 0.127. The van der Waals surface area contributed by atoms with Gasteiger partial charge in [-0.15, -0.1) is 0 Å². The fourth-order valence-electron chi connectivity index (χ4n) is 7.36. The molecule has 3 aromatic rings. The van der Waals surface area contributed by atoms with Crippen LogP contribution in [0.2, 0.25) is 5.02 Å². The molecule has 0 saturated heterocycles. The molecule has 4 aliphatic carbocycles. The van der Waals surface area contributed by atoms with Crippen LogP contribution < -0.4 is 0 Å². The Hall–Kier alpha value is -2.38. The van der Waals surface area contributed by atoms with E-state index in [1.54, 1.807) is 0 Å². The molecular formula is C29H27ClO. The van der Waals surface area contributed by atoms with Gasteiger partial charge in [0.2, 0.25) is 0 Å². The first-order valence-corrected chi connectivity index (χ1v) is 11.9. The largest absolute Gasteiger partial charge is 0.289 e. The number of carbonyl (C=O) groups is 1. The van der Waals surface area contributed by atoms with Crippen molar-refractivity contribution < 1.29 is 4.79 Å². The van der Waals surface area contributed by atoms with Crippen molar-refractivity contribution >= 4 is 28.2 Å². The van der Waals surface area contributed by atoms with Gasteiger partial charge in [-0.25, -0.2) is 0 Å². The average molecular weight is 427 g/mol. The van der Waals surface area contributed by atoms with Crippen LogP contribution in [-0.4, -0.2) is 5.78 Å². The molecular weight excluding hydrogens is 400 g/mol. The predicted octanol–water partition coefficient (Wildman–Crippen LogP) is 7.77. The SMILES string of the molecule is O=C(/C=C/C12CC3CC(C1)CC(c1ccc(Cl)cc1)(C3)C2)c1ccc2ccccc2c1. The van der Waals surface area contributed by atoms with Crippen LogP contribution in [0.15, 0.2) is 78.9 Å². The van der Waals surface area contributed by atoms with Gasteiger partial charge in [0.1, 0.15) is 0 Å². The van der Waals surface area contributed by atoms with E-state index in [4.69, 9.17) is 11.6 Å². The number of hydrogen-bond acceptors (Lipinski definition) is 1. The number of halogens is 1. The summed E-state index contributed by atoms with van der Waals surface area (Å²) in [5.74, 6) is 1.68. The highest BCUT2D eigenvalue weighted by molar-refractivity contribution is 6.30. The lowest BCUT2D eigenvalue weighted by atomic mass is 9.43. The lowest BCUT2D eigenvalue weighted by molar-refractivity contribution is -0.0455. The zero-order chi connectivity index (χ0) is 21.1. The van der Waals surface area contributed by atoms with Crippen LogP contribution in [0.3, 0.4) is 0 Å². The third-order valence-electron chi connectivity index (χ3n) is 8.19. The van der Waals surface area contributed by atoms with Crippen molar-refractivity contribution in [3.8, 4) is 0 Å². The Labute approximate surface area is 189 Å². The van der Waals surface area contributed by atoms with E-state index in [1.165, 1.54) is 43.1 Å². The normalized spacial score (nSPS) is 31.5. The maximum absolute atomic E-state index is 13.1. The van der Waals surface area contributed by atoms with E-state index in [2.05, 4.69) is 36.4 Å². The van der Waals surface area contributed by atoms with Crippen LogP contribution in [0.25, 0.3) is 10.8 Å². The first kappa shape index (κ1) is 19.3. The number of carbonyl (C=O) groups excluding carboxylic acids is 1. The van der Waals surface area contributed by atoms with Crippen molar-refractivity contribution in [3.05, 3.63) is 95.0 Å². The van der Waals surface area contributed by atoms with Crippen LogP contribution in [0.4, 0.5) is 0 Å². The van der Waals surface area contributed by atoms with Gasteiger partial charge in [0, 0.05) is 10.6 Å². The average Bonchev–Trinajstić information content (AvgIpc) is 2.77. The maximum Gasteiger partial charge on any atom is 0.185 e. The fraction of sp³-hybridized carbons (Fsp3) is 0.345. The van der Waals surface area contributed by atoms with Crippen LogP contribution >= 0.6 is 11.6 Å². The van der Waals surface area contributed by atoms with Crippen LogP contribution in [0.1, 0.15) is 54.4 Å². The Balaban J connectivity index is 1.30. The quantitative estimate of drug-likeness (QED) is 0.307. The van der Waals surface area contributed by atoms with Crippen molar-refractivity contribution in [2.45, 2.75) is 43.9 Å². The summed E-state index contributed by atoms with van der Waals surface area (Å²) in [6.07, 6.45) is 11.8. The summed E-state index contributed by atoms with van der Waals surface area (Å²) >= 11 is 6.18. The molecule has 0 amide bonds. The highest BCUT2D eigenvalue weighted by Gasteiger charge is 2.57. The van der Waals surface area contributed by atoms with Crippen LogP contribution in [0, 0.1) is 17.3 Å². The zero-order valence-corrected chi connectivity index (χ0v) is 18.4. The molecule has 4 bridgehead atoms. The van der Waals surface area contributed by atoms with Gasteiger partial charge in [-0.1, -0.05) is 66.2 Å². The van der Waals surface area contributed by atoms with Gasteiger partial charge >= 0.3 is 0 Å². The Morgan fingerprint density at radius 1 is 0.871 bits per heavy atom. The second-order valence-electron chi connectivity index (χ2n) is 10.4. The molecule has 31 heavy (non-hydrogen) atoms. The number of hydrogen-bond donors (Lipinski definition) is 0. The highest BCUT2D eigenvalue weighted by atomic mass is 35.5. The van der Waals surface area contributed by atoms with Gasteiger partial charge in [-0.2, -0.15) is 0 Å². The molecule has 0 aliphatic heterocycles. The summed E-state index contributed by atoms with van der Waals surface area (Å²) < 4.78 is 0. The smallest absolute Gasteiger partial charge is 0.185 e. The van der Waals surface area contributed by atoms with E-state index in [1.807, 2.05) is 42.5 Å². The summed E-state index contributed by atoms with van der Waals surface area (Å²) in [7, 11) is 0. The molecule has 1 nitrogen and oxygen atoms in total. The Bertz CT molecular complexity index is 1170. The lowest BCUT2D eigenvalue weighted by Crippen LogP contribution is -2.53. The molecule has 4 aliphatic rings. The van der Waals surface area contributed by atoms with Gasteiger partial charge in [-0.3, -0.25) is 4.79 Å². The first-order chi connectivity index (χ1) is 15.0. The van der Waals surface area contributed by atoms with Gasteiger partial charge in [0.15, 0.2) is 5.78 Å². The van der Waals surface area contributed by atoms with E-state index in [9.17, 15) is 4.79 Å². The standard InChI is InChI=1S/C29H27ClO/c30-26-9-7-25(8-10-26)29-17-20-13-21(18-29)16-28(15-20,19-29)12-11-27(31)24-6-5-22-3-1-2-4-23(22)14-24/h1-12,14,20-21H,13,15-19H2/b12-11+. The molecule has 0 heterocycles. The minimum Gasteiger partial charge on any atom is -0.289 e. The Morgan fingerprint density at radius 2 is 1.58 bits per heavy atom. The summed E-state index contributed by atoms with van der Waals surface area (Å²) in [5, 5.41) is 3.11. The van der Waals surface area contributed by atoms with Crippen molar-refractivity contribution in [1.29, 1.82) is 0 Å². The lowest BCUT2D eigenvalue weighted by Gasteiger charge is -2.62. The highest BCUT2D eigenvalue weighted by Crippen LogP contribution is 2.66. The maximum atomic E-state index is 13.1. The van der Waals surface area contributed by atoms with Gasteiger partial charge in [0.25, 0.3) is 0 Å². The Morgan fingerprint density at radius 3 is 2.32 bits per heavy atom. The van der Waals surface area contributed by atoms with Gasteiger partial charge < -0.3 is 0 Å². The second-order valence-corrected chi connectivity index (χ2v) is 10.8. The van der Waals surface area contributed by atoms with Crippen molar-refractivity contribution in [2.75, 3.05) is 0 Å². The number of rotatable bonds is 4. The van der Waals surface area contributed by atoms with E-state index in [-0.39, 0.29) is 16.6 Å². The minimum absolute atomic E-state index is 0.127. The third-order valence-corrected chi connectivity index (χ3v) is 8.44. The molecule has 0 aromatic heterocycles. The molecule has 3 aromatic carbocycles. The zero-order valence-electron chi connectivity index (χ0n) is 17.7. The molecule has 0 radical (unpaired) electrons. The van der Waals surface area contributed by atoms with Crippen molar-refractivity contribution in [3.63, 3.8) is 0 Å².